The molecule has 0 N–H and O–H groups in total. The highest BCUT2D eigenvalue weighted by Gasteiger charge is 2.30. The quantitative estimate of drug-likeness (QED) is 0.630. The number of aromatic nitrogens is 5. The lowest BCUT2D eigenvalue weighted by Gasteiger charge is -2.28. The van der Waals surface area contributed by atoms with Gasteiger partial charge in [-0.1, -0.05) is 35.5 Å². The van der Waals surface area contributed by atoms with E-state index < -0.39 is 0 Å². The summed E-state index contributed by atoms with van der Waals surface area (Å²) < 4.78 is 3.82. The third kappa shape index (κ3) is 3.02. The smallest absolute Gasteiger partial charge is 0.255 e. The second-order valence-electron chi connectivity index (χ2n) is 6.42. The van der Waals surface area contributed by atoms with Crippen LogP contribution in [0.15, 0.2) is 29.4 Å². The number of benzene rings is 1. The topological polar surface area (TPSA) is 68.8 Å². The van der Waals surface area contributed by atoms with Crippen LogP contribution in [0.25, 0.3) is 11.5 Å². The minimum absolute atomic E-state index is 0.0659. The van der Waals surface area contributed by atoms with E-state index in [0.29, 0.717) is 29.5 Å². The van der Waals surface area contributed by atoms with Crippen LogP contribution in [0.4, 0.5) is 0 Å². The van der Waals surface area contributed by atoms with Crippen molar-refractivity contribution in [2.24, 2.45) is 14.1 Å². The maximum atomic E-state index is 13.0. The van der Waals surface area contributed by atoms with Gasteiger partial charge in [0.1, 0.15) is 5.69 Å². The zero-order valence-corrected chi connectivity index (χ0v) is 16.9. The molecule has 140 valence electrons. The average molecular weight is 403 g/mol. The van der Waals surface area contributed by atoms with E-state index in [0.717, 1.165) is 28.5 Å². The molecular weight excluding hydrogens is 384 g/mol. The molecule has 4 rings (SSSR count). The lowest BCUT2D eigenvalue weighted by molar-refractivity contribution is 0.0734. The van der Waals surface area contributed by atoms with Gasteiger partial charge in [0, 0.05) is 38.3 Å². The maximum absolute atomic E-state index is 13.0. The number of carbonyl (C=O) groups excluding carboxylic acids is 1. The Hall–Kier alpha value is -2.32. The van der Waals surface area contributed by atoms with Crippen molar-refractivity contribution in [1.82, 2.24) is 29.4 Å². The summed E-state index contributed by atoms with van der Waals surface area (Å²) in [6.45, 7) is 1.11. The molecule has 1 aliphatic heterocycles. The van der Waals surface area contributed by atoms with Crippen molar-refractivity contribution >= 4 is 29.3 Å². The van der Waals surface area contributed by atoms with E-state index in [4.69, 9.17) is 11.6 Å². The van der Waals surface area contributed by atoms with Crippen LogP contribution in [0.3, 0.4) is 0 Å². The molecule has 0 radical (unpaired) electrons. The summed E-state index contributed by atoms with van der Waals surface area (Å²) in [5.41, 5.74) is 3.45. The van der Waals surface area contributed by atoms with Crippen LogP contribution in [0.1, 0.15) is 21.6 Å². The molecule has 27 heavy (non-hydrogen) atoms. The second kappa shape index (κ2) is 7.01. The first-order valence-electron chi connectivity index (χ1n) is 8.53. The van der Waals surface area contributed by atoms with Gasteiger partial charge < -0.3 is 9.47 Å². The van der Waals surface area contributed by atoms with Crippen LogP contribution in [-0.2, 0) is 27.1 Å². The van der Waals surface area contributed by atoms with Gasteiger partial charge in [0.15, 0.2) is 11.0 Å². The number of nitrogens with zero attached hydrogens (tertiary/aromatic N) is 6. The summed E-state index contributed by atoms with van der Waals surface area (Å²) >= 11 is 7.76. The molecule has 0 saturated heterocycles. The molecule has 0 unspecified atom stereocenters. The van der Waals surface area contributed by atoms with Gasteiger partial charge in [-0.05, 0) is 18.4 Å². The van der Waals surface area contributed by atoms with Gasteiger partial charge in [0.2, 0.25) is 0 Å². The Balaban J connectivity index is 1.71. The molecule has 1 amide bonds. The summed E-state index contributed by atoms with van der Waals surface area (Å²) in [6.07, 6.45) is 2.70. The van der Waals surface area contributed by atoms with Crippen LogP contribution in [0.2, 0.25) is 5.02 Å². The van der Waals surface area contributed by atoms with E-state index in [2.05, 4.69) is 15.3 Å². The lowest BCUT2D eigenvalue weighted by atomic mass is 10.0. The fourth-order valence-corrected chi connectivity index (χ4v) is 4.15. The normalized spacial score (nSPS) is 13.7. The number of halogens is 1. The first kappa shape index (κ1) is 18.1. The van der Waals surface area contributed by atoms with E-state index in [-0.39, 0.29) is 5.91 Å². The average Bonchev–Trinajstić information content (AvgIpc) is 3.20. The molecule has 9 heteroatoms. The highest BCUT2D eigenvalue weighted by atomic mass is 35.5. The molecule has 0 saturated carbocycles. The van der Waals surface area contributed by atoms with E-state index in [1.54, 1.807) is 12.1 Å². The van der Waals surface area contributed by atoms with E-state index in [1.807, 2.05) is 46.6 Å². The molecule has 2 aromatic heterocycles. The summed E-state index contributed by atoms with van der Waals surface area (Å²) in [5.74, 6) is 0.645. The van der Waals surface area contributed by atoms with Crippen LogP contribution >= 0.6 is 23.4 Å². The van der Waals surface area contributed by atoms with Crippen molar-refractivity contribution < 1.29 is 4.79 Å². The van der Waals surface area contributed by atoms with Gasteiger partial charge in [-0.3, -0.25) is 9.48 Å². The summed E-state index contributed by atoms with van der Waals surface area (Å²) in [6, 6.07) is 7.15. The Morgan fingerprint density at radius 3 is 2.70 bits per heavy atom. The molecule has 7 nitrogen and oxygen atoms in total. The van der Waals surface area contributed by atoms with Gasteiger partial charge >= 0.3 is 0 Å². The highest BCUT2D eigenvalue weighted by Crippen LogP contribution is 2.31. The number of aryl methyl sites for hydroxylation is 1. The number of fused-ring (bicyclic) bond motifs is 1. The van der Waals surface area contributed by atoms with Crippen molar-refractivity contribution in [2.75, 3.05) is 12.8 Å². The molecule has 3 heterocycles. The first-order chi connectivity index (χ1) is 13.0. The molecule has 0 aliphatic carbocycles. The Morgan fingerprint density at radius 2 is 2.00 bits per heavy atom. The molecule has 3 aromatic rings. The number of amides is 1. The Morgan fingerprint density at radius 1 is 1.22 bits per heavy atom. The number of carbonyl (C=O) groups is 1. The lowest BCUT2D eigenvalue weighted by Crippen LogP contribution is -2.36. The van der Waals surface area contributed by atoms with Crippen molar-refractivity contribution in [3.05, 3.63) is 46.1 Å². The van der Waals surface area contributed by atoms with Crippen molar-refractivity contribution in [3.8, 4) is 11.5 Å². The minimum atomic E-state index is -0.0659. The summed E-state index contributed by atoms with van der Waals surface area (Å²) in [4.78, 5) is 14.8. The second-order valence-corrected chi connectivity index (χ2v) is 7.60. The largest absolute Gasteiger partial charge is 0.334 e. The SMILES string of the molecule is CSc1nnc(-c2nn(C)c3c2CN(C(=O)c2ccccc2Cl)CC3)n1C. The Bertz CT molecular complexity index is 1030. The van der Waals surface area contributed by atoms with Crippen LogP contribution in [0, 0.1) is 0 Å². The zero-order valence-electron chi connectivity index (χ0n) is 15.3. The molecule has 1 aromatic carbocycles. The third-order valence-electron chi connectivity index (χ3n) is 4.86. The zero-order chi connectivity index (χ0) is 19.1. The van der Waals surface area contributed by atoms with Crippen LogP contribution in [-0.4, -0.2) is 48.2 Å². The molecule has 0 fully saturated rings. The number of hydrogen-bond acceptors (Lipinski definition) is 5. The van der Waals surface area contributed by atoms with E-state index >= 15 is 0 Å². The number of hydrogen-bond donors (Lipinski definition) is 0. The highest BCUT2D eigenvalue weighted by molar-refractivity contribution is 7.98. The van der Waals surface area contributed by atoms with Gasteiger partial charge in [0.05, 0.1) is 17.1 Å². The fourth-order valence-electron chi connectivity index (χ4n) is 3.45. The fraction of sp³-hybridized carbons (Fsp3) is 0.333. The van der Waals surface area contributed by atoms with Crippen molar-refractivity contribution in [3.63, 3.8) is 0 Å². The van der Waals surface area contributed by atoms with Gasteiger partial charge in [-0.25, -0.2) is 0 Å². The van der Waals surface area contributed by atoms with Crippen LogP contribution in [0.5, 0.6) is 0 Å². The predicted molar refractivity (Wildman–Crippen MR) is 105 cm³/mol. The molecule has 1 aliphatic rings. The Kier molecular flexibility index (Phi) is 4.69. The Labute approximate surface area is 166 Å². The molecule has 0 spiro atoms. The van der Waals surface area contributed by atoms with Crippen molar-refractivity contribution in [1.29, 1.82) is 0 Å². The summed E-state index contributed by atoms with van der Waals surface area (Å²) in [5, 5.41) is 14.5. The van der Waals surface area contributed by atoms with E-state index in [9.17, 15) is 4.79 Å². The molecule has 0 atom stereocenters. The minimum Gasteiger partial charge on any atom is -0.334 e. The van der Waals surface area contributed by atoms with Crippen molar-refractivity contribution in [2.45, 2.75) is 18.1 Å². The summed E-state index contributed by atoms with van der Waals surface area (Å²) in [7, 11) is 3.86. The standard InChI is InChI=1S/C18H19ClN6OS/c1-23-16(20-21-18(23)27-3)15-12-10-25(9-8-14(12)24(2)22-15)17(26)11-6-4-5-7-13(11)19/h4-7H,8-10H2,1-3H3. The monoisotopic (exact) mass is 402 g/mol. The number of thioether (sulfide) groups is 1. The van der Waals surface area contributed by atoms with E-state index in [1.165, 1.54) is 11.8 Å². The maximum Gasteiger partial charge on any atom is 0.255 e. The van der Waals surface area contributed by atoms with Gasteiger partial charge in [0.25, 0.3) is 5.91 Å². The number of rotatable bonds is 3. The van der Waals surface area contributed by atoms with Gasteiger partial charge in [-0.15, -0.1) is 10.2 Å². The molecule has 0 bridgehead atoms. The predicted octanol–water partition coefficient (Wildman–Crippen LogP) is 2.79. The van der Waals surface area contributed by atoms with Gasteiger partial charge in [-0.2, -0.15) is 5.10 Å². The first-order valence-corrected chi connectivity index (χ1v) is 10.1. The third-order valence-corrected chi connectivity index (χ3v) is 5.91. The van der Waals surface area contributed by atoms with Crippen LogP contribution < -0.4 is 0 Å². The molecular formula is C18H19ClN6OS.